The number of likely N-dealkylation sites (tertiary alicyclic amines) is 1. The van der Waals surface area contributed by atoms with Crippen molar-refractivity contribution in [2.75, 3.05) is 20.2 Å². The number of carbonyl (C=O) groups excluding carboxylic acids is 3. The van der Waals surface area contributed by atoms with E-state index in [1.807, 2.05) is 0 Å². The maximum absolute atomic E-state index is 13.0. The van der Waals surface area contributed by atoms with E-state index in [1.165, 1.54) is 18.1 Å². The highest BCUT2D eigenvalue weighted by Crippen LogP contribution is 2.40. The molecule has 0 aliphatic carbocycles. The summed E-state index contributed by atoms with van der Waals surface area (Å²) >= 11 is 0. The molecule has 2 heterocycles. The van der Waals surface area contributed by atoms with Crippen molar-refractivity contribution in [2.45, 2.75) is 32.0 Å². The van der Waals surface area contributed by atoms with E-state index >= 15 is 0 Å². The van der Waals surface area contributed by atoms with Crippen LogP contribution in [0.25, 0.3) is 11.0 Å². The topological polar surface area (TPSA) is 135 Å². The molecule has 37 heavy (non-hydrogen) atoms. The Balaban J connectivity index is 1.45. The Bertz CT molecular complexity index is 1370. The van der Waals surface area contributed by atoms with Gasteiger partial charge in [0.2, 0.25) is 0 Å². The minimum atomic E-state index is -4.48. The Morgan fingerprint density at radius 1 is 1.16 bits per heavy atom. The molecular weight excluding hydrogens is 495 g/mol. The van der Waals surface area contributed by atoms with E-state index in [0.717, 1.165) is 24.3 Å². The van der Waals surface area contributed by atoms with Crippen LogP contribution >= 0.6 is 0 Å². The molecule has 0 unspecified atom stereocenters. The molecule has 3 aromatic rings. The molecule has 0 saturated carbocycles. The minimum Gasteiger partial charge on any atom is -0.507 e. The summed E-state index contributed by atoms with van der Waals surface area (Å²) in [5.74, 6) is -2.20. The van der Waals surface area contributed by atoms with Crippen LogP contribution in [0.5, 0.6) is 11.5 Å². The molecule has 0 atom stereocenters. The Morgan fingerprint density at radius 3 is 2.32 bits per heavy atom. The zero-order valence-electron chi connectivity index (χ0n) is 19.9. The van der Waals surface area contributed by atoms with Gasteiger partial charge in [0.15, 0.2) is 11.3 Å². The summed E-state index contributed by atoms with van der Waals surface area (Å²) in [4.78, 5) is 39.1. The van der Waals surface area contributed by atoms with Gasteiger partial charge in [0.25, 0.3) is 17.7 Å². The highest BCUT2D eigenvalue weighted by atomic mass is 19.4. The summed E-state index contributed by atoms with van der Waals surface area (Å²) in [7, 11) is 1.37. The number of hydrogen-bond acceptors (Lipinski definition) is 6. The predicted molar refractivity (Wildman–Crippen MR) is 126 cm³/mol. The van der Waals surface area contributed by atoms with Crippen molar-refractivity contribution in [1.82, 2.24) is 10.2 Å². The number of phenols is 1. The number of furan rings is 1. The number of carbonyl (C=O) groups is 3. The van der Waals surface area contributed by atoms with Gasteiger partial charge >= 0.3 is 6.18 Å². The molecule has 4 N–H and O–H groups in total. The van der Waals surface area contributed by atoms with E-state index in [2.05, 4.69) is 5.32 Å². The maximum Gasteiger partial charge on any atom is 0.416 e. The van der Waals surface area contributed by atoms with Crippen molar-refractivity contribution in [2.24, 2.45) is 5.73 Å². The third kappa shape index (κ3) is 4.91. The summed E-state index contributed by atoms with van der Waals surface area (Å²) < 4.78 is 49.2. The lowest BCUT2D eigenvalue weighted by Crippen LogP contribution is -2.46. The zero-order chi connectivity index (χ0) is 27.1. The van der Waals surface area contributed by atoms with Gasteiger partial charge in [0, 0.05) is 36.3 Å². The first-order valence-corrected chi connectivity index (χ1v) is 11.3. The number of piperidine rings is 1. The number of nitrogens with zero attached hydrogens (tertiary/aromatic N) is 1. The Labute approximate surface area is 209 Å². The third-order valence-electron chi connectivity index (χ3n) is 6.39. The molecule has 196 valence electrons. The fourth-order valence-corrected chi connectivity index (χ4v) is 4.45. The van der Waals surface area contributed by atoms with E-state index in [9.17, 15) is 32.7 Å². The van der Waals surface area contributed by atoms with Gasteiger partial charge < -0.3 is 30.2 Å². The smallest absolute Gasteiger partial charge is 0.416 e. The normalized spacial score (nSPS) is 14.6. The van der Waals surface area contributed by atoms with Crippen LogP contribution in [0.2, 0.25) is 0 Å². The second kappa shape index (κ2) is 9.68. The van der Waals surface area contributed by atoms with Gasteiger partial charge in [-0.25, -0.2) is 0 Å². The number of primary amides is 1. The molecule has 1 aromatic heterocycles. The Morgan fingerprint density at radius 2 is 1.78 bits per heavy atom. The van der Waals surface area contributed by atoms with Crippen molar-refractivity contribution in [3.63, 3.8) is 0 Å². The second-order valence-corrected chi connectivity index (χ2v) is 8.71. The largest absolute Gasteiger partial charge is 0.507 e. The molecule has 0 spiro atoms. The van der Waals surface area contributed by atoms with Crippen molar-refractivity contribution < 1.29 is 41.8 Å². The van der Waals surface area contributed by atoms with Crippen LogP contribution in [0.15, 0.2) is 34.7 Å². The van der Waals surface area contributed by atoms with Gasteiger partial charge in [-0.1, -0.05) is 0 Å². The van der Waals surface area contributed by atoms with Crippen molar-refractivity contribution in [1.29, 1.82) is 0 Å². The van der Waals surface area contributed by atoms with Crippen LogP contribution in [0.4, 0.5) is 13.2 Å². The molecule has 1 aliphatic heterocycles. The summed E-state index contributed by atoms with van der Waals surface area (Å²) in [6.45, 7) is 2.19. The van der Waals surface area contributed by atoms with E-state index in [1.54, 1.807) is 6.92 Å². The van der Waals surface area contributed by atoms with Crippen molar-refractivity contribution in [3.8, 4) is 11.5 Å². The first-order valence-electron chi connectivity index (χ1n) is 11.3. The van der Waals surface area contributed by atoms with Gasteiger partial charge in [-0.15, -0.1) is 0 Å². The van der Waals surface area contributed by atoms with Gasteiger partial charge in [-0.05, 0) is 44.0 Å². The van der Waals surface area contributed by atoms with E-state index in [4.69, 9.17) is 14.9 Å². The van der Waals surface area contributed by atoms with Gasteiger partial charge in [0.1, 0.15) is 17.1 Å². The number of ether oxygens (including phenoxy) is 1. The number of hydrogen-bond donors (Lipinski definition) is 3. The van der Waals surface area contributed by atoms with Gasteiger partial charge in [0.05, 0.1) is 18.1 Å². The monoisotopic (exact) mass is 519 g/mol. The maximum atomic E-state index is 13.0. The zero-order valence-corrected chi connectivity index (χ0v) is 19.9. The lowest BCUT2D eigenvalue weighted by atomic mass is 10.0. The first kappa shape index (κ1) is 25.9. The number of fused-ring (bicyclic) bond motifs is 1. The van der Waals surface area contributed by atoms with Crippen LogP contribution in [0, 0.1) is 6.92 Å². The summed E-state index contributed by atoms with van der Waals surface area (Å²) in [6.07, 6.45) is -3.66. The quantitative estimate of drug-likeness (QED) is 0.471. The van der Waals surface area contributed by atoms with Crippen LogP contribution in [0.3, 0.4) is 0 Å². The molecule has 1 fully saturated rings. The standard InChI is InChI=1S/C25H24F3N3O6/c1-12-18-17(36-2)11-16(32)19(22(29)33)21(18)37-20(12)23(34)30-15-7-9-31(10-8-15)24(35)13-3-5-14(6-4-13)25(26,27)28/h3-6,11,15,32H,7-10H2,1-2H3,(H2,29,33)(H,30,34). The number of rotatable bonds is 5. The van der Waals surface area contributed by atoms with Crippen LogP contribution in [-0.2, 0) is 6.18 Å². The average Bonchev–Trinajstić information content (AvgIpc) is 3.19. The molecule has 0 bridgehead atoms. The van der Waals surface area contributed by atoms with Gasteiger partial charge in [-0.3, -0.25) is 14.4 Å². The molecule has 0 radical (unpaired) electrons. The second-order valence-electron chi connectivity index (χ2n) is 8.71. The number of alkyl halides is 3. The fraction of sp³-hybridized carbons (Fsp3) is 0.320. The van der Waals surface area contributed by atoms with Crippen LogP contribution in [0.1, 0.15) is 55.2 Å². The van der Waals surface area contributed by atoms with Crippen molar-refractivity contribution in [3.05, 3.63) is 58.3 Å². The first-order chi connectivity index (χ1) is 17.4. The van der Waals surface area contributed by atoms with Crippen molar-refractivity contribution >= 4 is 28.7 Å². The van der Waals surface area contributed by atoms with Crippen LogP contribution in [-0.4, -0.2) is 54.0 Å². The summed E-state index contributed by atoms with van der Waals surface area (Å²) in [6, 6.07) is 4.95. The number of aryl methyl sites for hydroxylation is 1. The molecule has 2 aromatic carbocycles. The number of nitrogens with one attached hydrogen (secondary N) is 1. The fourth-order valence-electron chi connectivity index (χ4n) is 4.45. The highest BCUT2D eigenvalue weighted by molar-refractivity contribution is 6.11. The molecular formula is C25H24F3N3O6. The molecule has 3 amide bonds. The number of amides is 3. The van der Waals surface area contributed by atoms with Crippen LogP contribution < -0.4 is 15.8 Å². The molecule has 9 nitrogen and oxygen atoms in total. The Hall–Kier alpha value is -4.22. The number of nitrogens with two attached hydrogens (primary N) is 1. The number of benzene rings is 2. The van der Waals surface area contributed by atoms with E-state index in [-0.39, 0.29) is 47.4 Å². The molecule has 1 aliphatic rings. The lowest BCUT2D eigenvalue weighted by Gasteiger charge is -2.32. The third-order valence-corrected chi connectivity index (χ3v) is 6.39. The van der Waals surface area contributed by atoms with E-state index < -0.39 is 35.2 Å². The molecule has 1 saturated heterocycles. The average molecular weight is 519 g/mol. The minimum absolute atomic E-state index is 0.0658. The number of methoxy groups -OCH3 is 1. The SMILES string of the molecule is COc1cc(O)c(C(N)=O)c2oc(C(=O)NC3CCN(C(=O)c4ccc(C(F)(F)F)cc4)CC3)c(C)c12. The molecule has 4 rings (SSSR count). The van der Waals surface area contributed by atoms with Gasteiger partial charge in [-0.2, -0.15) is 13.2 Å². The number of aromatic hydroxyl groups is 1. The summed E-state index contributed by atoms with van der Waals surface area (Å²) in [5, 5.41) is 13.3. The Kier molecular flexibility index (Phi) is 6.76. The number of halogens is 3. The molecule has 12 heteroatoms. The summed E-state index contributed by atoms with van der Waals surface area (Å²) in [5.41, 5.74) is 4.75. The highest BCUT2D eigenvalue weighted by Gasteiger charge is 2.32. The van der Waals surface area contributed by atoms with E-state index in [0.29, 0.717) is 23.8 Å². The predicted octanol–water partition coefficient (Wildman–Crippen LogP) is 3.61. The lowest BCUT2D eigenvalue weighted by molar-refractivity contribution is -0.137.